The highest BCUT2D eigenvalue weighted by Gasteiger charge is 2.14. The molecule has 1 fully saturated rings. The van der Waals surface area contributed by atoms with E-state index in [4.69, 9.17) is 5.73 Å². The molecule has 94 valence electrons. The Labute approximate surface area is 107 Å². The van der Waals surface area contributed by atoms with Crippen LogP contribution in [0.4, 0.5) is 11.5 Å². The molecule has 3 rings (SSSR count). The second kappa shape index (κ2) is 4.80. The molecule has 4 nitrogen and oxygen atoms in total. The number of fused-ring (bicyclic) bond motifs is 1. The average Bonchev–Trinajstić information content (AvgIpc) is 2.67. The van der Waals surface area contributed by atoms with Crippen molar-refractivity contribution < 1.29 is 0 Å². The molecule has 0 unspecified atom stereocenters. The summed E-state index contributed by atoms with van der Waals surface area (Å²) in [7, 11) is 0. The monoisotopic (exact) mass is 242 g/mol. The molecule has 0 aliphatic carbocycles. The Balaban J connectivity index is 2.06. The zero-order valence-corrected chi connectivity index (χ0v) is 10.5. The molecule has 1 saturated heterocycles. The molecule has 1 aromatic carbocycles. The normalized spacial score (nSPS) is 16.8. The highest BCUT2D eigenvalue weighted by Crippen LogP contribution is 2.26. The van der Waals surface area contributed by atoms with E-state index >= 15 is 0 Å². The van der Waals surface area contributed by atoms with Crippen molar-refractivity contribution in [3.05, 3.63) is 24.5 Å². The predicted octanol–water partition coefficient (Wildman–Crippen LogP) is 2.59. The number of rotatable bonds is 1. The molecular weight excluding hydrogens is 224 g/mol. The van der Waals surface area contributed by atoms with E-state index in [9.17, 15) is 0 Å². The van der Waals surface area contributed by atoms with Gasteiger partial charge in [0.25, 0.3) is 0 Å². The van der Waals surface area contributed by atoms with E-state index in [1.54, 1.807) is 6.33 Å². The highest BCUT2D eigenvalue weighted by molar-refractivity contribution is 5.91. The Morgan fingerprint density at radius 1 is 1.00 bits per heavy atom. The Morgan fingerprint density at radius 3 is 2.56 bits per heavy atom. The van der Waals surface area contributed by atoms with E-state index < -0.39 is 0 Å². The molecular formula is C14H18N4. The van der Waals surface area contributed by atoms with E-state index in [-0.39, 0.29) is 0 Å². The molecule has 2 heterocycles. The SMILES string of the molecule is Nc1ccc2ncnc(N3CCCCCC3)c2c1. The Kier molecular flexibility index (Phi) is 3.00. The minimum Gasteiger partial charge on any atom is -0.399 e. The maximum atomic E-state index is 5.88. The Bertz CT molecular complexity index is 544. The van der Waals surface area contributed by atoms with E-state index in [1.807, 2.05) is 18.2 Å². The van der Waals surface area contributed by atoms with Crippen LogP contribution in [-0.2, 0) is 0 Å². The van der Waals surface area contributed by atoms with Crippen molar-refractivity contribution in [1.82, 2.24) is 9.97 Å². The quantitative estimate of drug-likeness (QED) is 0.781. The van der Waals surface area contributed by atoms with Gasteiger partial charge in [0.1, 0.15) is 12.1 Å². The lowest BCUT2D eigenvalue weighted by Crippen LogP contribution is -2.25. The molecule has 0 atom stereocenters. The minimum atomic E-state index is 0.772. The molecule has 2 N–H and O–H groups in total. The van der Waals surface area contributed by atoms with Crippen molar-refractivity contribution in [1.29, 1.82) is 0 Å². The van der Waals surface area contributed by atoms with E-state index in [1.165, 1.54) is 25.7 Å². The zero-order chi connectivity index (χ0) is 12.4. The van der Waals surface area contributed by atoms with E-state index in [2.05, 4.69) is 14.9 Å². The van der Waals surface area contributed by atoms with Crippen LogP contribution >= 0.6 is 0 Å². The molecule has 1 aromatic heterocycles. The number of nitrogens with two attached hydrogens (primary N) is 1. The summed E-state index contributed by atoms with van der Waals surface area (Å²) in [5.41, 5.74) is 7.62. The van der Waals surface area contributed by atoms with Crippen LogP contribution in [0.3, 0.4) is 0 Å². The minimum absolute atomic E-state index is 0.772. The number of nitrogens with zero attached hydrogens (tertiary/aromatic N) is 3. The fourth-order valence-corrected chi connectivity index (χ4v) is 2.60. The van der Waals surface area contributed by atoms with Gasteiger partial charge in [-0.25, -0.2) is 9.97 Å². The van der Waals surface area contributed by atoms with Gasteiger partial charge < -0.3 is 10.6 Å². The van der Waals surface area contributed by atoms with Crippen LogP contribution in [0.25, 0.3) is 10.9 Å². The molecule has 1 aliphatic heterocycles. The Morgan fingerprint density at radius 2 is 1.78 bits per heavy atom. The van der Waals surface area contributed by atoms with Crippen LogP contribution in [0, 0.1) is 0 Å². The summed E-state index contributed by atoms with van der Waals surface area (Å²) in [6.07, 6.45) is 6.78. The van der Waals surface area contributed by atoms with Gasteiger partial charge in [-0.1, -0.05) is 12.8 Å². The molecule has 0 amide bonds. The topological polar surface area (TPSA) is 55.0 Å². The maximum Gasteiger partial charge on any atom is 0.139 e. The van der Waals surface area contributed by atoms with Crippen LogP contribution in [0.2, 0.25) is 0 Å². The van der Waals surface area contributed by atoms with Crippen molar-refractivity contribution in [3.8, 4) is 0 Å². The van der Waals surface area contributed by atoms with Gasteiger partial charge in [0, 0.05) is 24.2 Å². The summed E-state index contributed by atoms with van der Waals surface area (Å²) in [5, 5.41) is 1.07. The second-order valence-corrected chi connectivity index (χ2v) is 4.88. The molecule has 0 radical (unpaired) electrons. The first-order valence-electron chi connectivity index (χ1n) is 6.60. The number of hydrogen-bond donors (Lipinski definition) is 1. The molecule has 1 aliphatic rings. The average molecular weight is 242 g/mol. The third kappa shape index (κ3) is 2.10. The first-order chi connectivity index (χ1) is 8.84. The fraction of sp³-hybridized carbons (Fsp3) is 0.429. The van der Waals surface area contributed by atoms with Gasteiger partial charge in [-0.3, -0.25) is 0 Å². The summed E-state index contributed by atoms with van der Waals surface area (Å²) < 4.78 is 0. The van der Waals surface area contributed by atoms with Gasteiger partial charge >= 0.3 is 0 Å². The smallest absolute Gasteiger partial charge is 0.139 e. The largest absolute Gasteiger partial charge is 0.399 e. The first-order valence-corrected chi connectivity index (χ1v) is 6.60. The van der Waals surface area contributed by atoms with Gasteiger partial charge in [-0.15, -0.1) is 0 Å². The van der Waals surface area contributed by atoms with E-state index in [0.717, 1.165) is 35.5 Å². The van der Waals surface area contributed by atoms with Gasteiger partial charge in [-0.2, -0.15) is 0 Å². The van der Waals surface area contributed by atoms with Crippen LogP contribution in [0.1, 0.15) is 25.7 Å². The lowest BCUT2D eigenvalue weighted by atomic mass is 10.2. The number of hydrogen-bond acceptors (Lipinski definition) is 4. The number of nitrogen functional groups attached to an aromatic ring is 1. The van der Waals surface area contributed by atoms with Crippen LogP contribution in [0.5, 0.6) is 0 Å². The summed E-state index contributed by atoms with van der Waals surface area (Å²) in [6.45, 7) is 2.17. The zero-order valence-electron chi connectivity index (χ0n) is 10.5. The maximum absolute atomic E-state index is 5.88. The van der Waals surface area contributed by atoms with Gasteiger partial charge in [0.15, 0.2) is 0 Å². The van der Waals surface area contributed by atoms with Crippen LogP contribution < -0.4 is 10.6 Å². The summed E-state index contributed by atoms with van der Waals surface area (Å²) in [6, 6.07) is 5.84. The number of aromatic nitrogens is 2. The van der Waals surface area contributed by atoms with Gasteiger partial charge in [0.05, 0.1) is 5.52 Å². The summed E-state index contributed by atoms with van der Waals surface area (Å²) >= 11 is 0. The van der Waals surface area contributed by atoms with Crippen molar-refractivity contribution in [3.63, 3.8) is 0 Å². The highest BCUT2D eigenvalue weighted by atomic mass is 15.2. The standard InChI is InChI=1S/C14H18N4/c15-11-5-6-13-12(9-11)14(17-10-16-13)18-7-3-1-2-4-8-18/h5-6,9-10H,1-4,7-8,15H2. The summed E-state index contributed by atoms with van der Waals surface area (Å²) in [4.78, 5) is 11.2. The fourth-order valence-electron chi connectivity index (χ4n) is 2.60. The summed E-state index contributed by atoms with van der Waals surface area (Å²) in [5.74, 6) is 1.04. The molecule has 0 spiro atoms. The number of benzene rings is 1. The Hall–Kier alpha value is -1.84. The molecule has 4 heteroatoms. The van der Waals surface area contributed by atoms with Gasteiger partial charge in [0.2, 0.25) is 0 Å². The molecule has 0 bridgehead atoms. The first kappa shape index (κ1) is 11.3. The van der Waals surface area contributed by atoms with Crippen molar-refractivity contribution in [2.45, 2.75) is 25.7 Å². The van der Waals surface area contributed by atoms with Gasteiger partial charge in [-0.05, 0) is 31.0 Å². The van der Waals surface area contributed by atoms with Crippen molar-refractivity contribution in [2.75, 3.05) is 23.7 Å². The lowest BCUT2D eigenvalue weighted by Gasteiger charge is -2.22. The second-order valence-electron chi connectivity index (χ2n) is 4.88. The third-order valence-electron chi connectivity index (χ3n) is 3.54. The molecule has 2 aromatic rings. The van der Waals surface area contributed by atoms with E-state index in [0.29, 0.717) is 0 Å². The molecule has 0 saturated carbocycles. The van der Waals surface area contributed by atoms with Crippen LogP contribution in [-0.4, -0.2) is 23.1 Å². The van der Waals surface area contributed by atoms with Crippen molar-refractivity contribution >= 4 is 22.4 Å². The van der Waals surface area contributed by atoms with Crippen LogP contribution in [0.15, 0.2) is 24.5 Å². The predicted molar refractivity (Wildman–Crippen MR) is 74.6 cm³/mol. The third-order valence-corrected chi connectivity index (χ3v) is 3.54. The molecule has 18 heavy (non-hydrogen) atoms. The van der Waals surface area contributed by atoms with Crippen molar-refractivity contribution in [2.24, 2.45) is 0 Å². The number of anilines is 2. The lowest BCUT2D eigenvalue weighted by molar-refractivity contribution is 0.726.